The second-order valence-electron chi connectivity index (χ2n) is 7.08. The number of piperidine rings is 1. The minimum atomic E-state index is -3.53. The Hall–Kier alpha value is -1.56. The van der Waals surface area contributed by atoms with Gasteiger partial charge in [0.2, 0.25) is 15.9 Å². The van der Waals surface area contributed by atoms with Gasteiger partial charge in [-0.15, -0.1) is 0 Å². The molecule has 1 amide bonds. The molecule has 1 fully saturated rings. The highest BCUT2D eigenvalue weighted by atomic mass is 32.2. The summed E-state index contributed by atoms with van der Waals surface area (Å²) in [4.78, 5) is 14.4. The zero-order valence-electron chi connectivity index (χ0n) is 15.3. The van der Waals surface area contributed by atoms with E-state index in [0.29, 0.717) is 24.7 Å². The first-order chi connectivity index (χ1) is 11.1. The highest BCUT2D eigenvalue weighted by molar-refractivity contribution is 7.92. The number of amides is 1. The van der Waals surface area contributed by atoms with E-state index >= 15 is 0 Å². The normalized spacial score (nSPS) is 16.3. The van der Waals surface area contributed by atoms with Gasteiger partial charge >= 0.3 is 0 Å². The van der Waals surface area contributed by atoms with E-state index in [1.54, 1.807) is 4.90 Å². The van der Waals surface area contributed by atoms with Gasteiger partial charge in [0.25, 0.3) is 0 Å². The molecular formula is C18H28N2O3S. The van der Waals surface area contributed by atoms with Crippen molar-refractivity contribution in [1.29, 1.82) is 0 Å². The number of hydrogen-bond acceptors (Lipinski definition) is 3. The van der Waals surface area contributed by atoms with Crippen LogP contribution in [0.3, 0.4) is 0 Å². The smallest absolute Gasteiger partial charge is 0.243 e. The molecule has 0 spiro atoms. The van der Waals surface area contributed by atoms with E-state index in [2.05, 4.69) is 6.92 Å². The van der Waals surface area contributed by atoms with Crippen LogP contribution in [0.15, 0.2) is 12.1 Å². The molecule has 0 bridgehead atoms. The van der Waals surface area contributed by atoms with Gasteiger partial charge in [-0.1, -0.05) is 24.6 Å². The number of rotatable bonds is 4. The van der Waals surface area contributed by atoms with Gasteiger partial charge in [-0.3, -0.25) is 9.10 Å². The lowest BCUT2D eigenvalue weighted by molar-refractivity contribution is -0.130. The van der Waals surface area contributed by atoms with Crippen molar-refractivity contribution in [2.24, 2.45) is 5.92 Å². The Morgan fingerprint density at radius 1 is 1.17 bits per heavy atom. The van der Waals surface area contributed by atoms with Gasteiger partial charge in [-0.2, -0.15) is 0 Å². The van der Waals surface area contributed by atoms with Crippen molar-refractivity contribution in [3.8, 4) is 0 Å². The van der Waals surface area contributed by atoms with Gasteiger partial charge in [0.1, 0.15) is 6.54 Å². The molecule has 6 heteroatoms. The van der Waals surface area contributed by atoms with E-state index in [0.717, 1.165) is 35.8 Å². The van der Waals surface area contributed by atoms with E-state index in [9.17, 15) is 13.2 Å². The van der Waals surface area contributed by atoms with Gasteiger partial charge in [0.05, 0.1) is 11.9 Å². The predicted molar refractivity (Wildman–Crippen MR) is 97.8 cm³/mol. The van der Waals surface area contributed by atoms with Crippen molar-refractivity contribution >= 4 is 21.6 Å². The molecule has 2 rings (SSSR count). The standard InChI is InChI=1S/C18H28N2O3S/c1-13-6-8-19(9-7-13)17(21)12-20(24(5,22)23)18-15(3)10-14(2)11-16(18)4/h10-11,13H,6-9,12H2,1-5H3. The van der Waals surface area contributed by atoms with Gasteiger partial charge in [0, 0.05) is 13.1 Å². The zero-order chi connectivity index (χ0) is 18.1. The molecule has 134 valence electrons. The molecular weight excluding hydrogens is 324 g/mol. The van der Waals surface area contributed by atoms with Crippen LogP contribution in [0.5, 0.6) is 0 Å². The Labute approximate surface area is 145 Å². The largest absolute Gasteiger partial charge is 0.341 e. The molecule has 0 unspecified atom stereocenters. The summed E-state index contributed by atoms with van der Waals surface area (Å²) in [5, 5.41) is 0. The molecule has 0 saturated carbocycles. The summed E-state index contributed by atoms with van der Waals surface area (Å²) < 4.78 is 26.0. The lowest BCUT2D eigenvalue weighted by atomic mass is 9.99. The Bertz CT molecular complexity index is 697. The van der Waals surface area contributed by atoms with Crippen molar-refractivity contribution in [2.75, 3.05) is 30.2 Å². The van der Waals surface area contributed by atoms with Crippen molar-refractivity contribution in [2.45, 2.75) is 40.5 Å². The number of likely N-dealkylation sites (tertiary alicyclic amines) is 1. The average molecular weight is 353 g/mol. The Kier molecular flexibility index (Phi) is 5.58. The summed E-state index contributed by atoms with van der Waals surface area (Å²) in [6.07, 6.45) is 3.12. The summed E-state index contributed by atoms with van der Waals surface area (Å²) in [7, 11) is -3.53. The first-order valence-corrected chi connectivity index (χ1v) is 10.3. The van der Waals surface area contributed by atoms with Crippen molar-refractivity contribution in [1.82, 2.24) is 4.90 Å². The molecule has 1 aliphatic rings. The summed E-state index contributed by atoms with van der Waals surface area (Å²) in [5.41, 5.74) is 3.45. The first-order valence-electron chi connectivity index (χ1n) is 8.43. The number of hydrogen-bond donors (Lipinski definition) is 0. The Morgan fingerprint density at radius 2 is 1.67 bits per heavy atom. The van der Waals surface area contributed by atoms with Crippen molar-refractivity contribution in [3.63, 3.8) is 0 Å². The fourth-order valence-electron chi connectivity index (χ4n) is 3.41. The number of nitrogens with zero attached hydrogens (tertiary/aromatic N) is 2. The van der Waals surface area contributed by atoms with Crippen LogP contribution in [0.4, 0.5) is 5.69 Å². The molecule has 1 aliphatic heterocycles. The quantitative estimate of drug-likeness (QED) is 0.837. The van der Waals surface area contributed by atoms with Gasteiger partial charge < -0.3 is 4.90 Å². The fraction of sp³-hybridized carbons (Fsp3) is 0.611. The maximum atomic E-state index is 12.6. The van der Waals surface area contributed by atoms with E-state index in [1.165, 1.54) is 4.31 Å². The number of carbonyl (C=O) groups excluding carboxylic acids is 1. The van der Waals surface area contributed by atoms with Gasteiger partial charge in [-0.25, -0.2) is 8.42 Å². The van der Waals surface area contributed by atoms with Crippen LogP contribution < -0.4 is 4.31 Å². The number of benzene rings is 1. The first kappa shape index (κ1) is 18.8. The lowest BCUT2D eigenvalue weighted by Crippen LogP contribution is -2.45. The Balaban J connectivity index is 2.30. The van der Waals surface area contributed by atoms with E-state index in [1.807, 2.05) is 32.9 Å². The maximum Gasteiger partial charge on any atom is 0.243 e. The number of carbonyl (C=O) groups is 1. The fourth-order valence-corrected chi connectivity index (χ4v) is 4.37. The molecule has 0 aliphatic carbocycles. The third-order valence-electron chi connectivity index (χ3n) is 4.70. The number of anilines is 1. The monoisotopic (exact) mass is 352 g/mol. The molecule has 0 N–H and O–H groups in total. The lowest BCUT2D eigenvalue weighted by Gasteiger charge is -2.33. The van der Waals surface area contributed by atoms with E-state index in [-0.39, 0.29) is 12.5 Å². The molecule has 5 nitrogen and oxygen atoms in total. The van der Waals surface area contributed by atoms with Crippen molar-refractivity contribution < 1.29 is 13.2 Å². The van der Waals surface area contributed by atoms with Crippen LogP contribution in [0.2, 0.25) is 0 Å². The van der Waals surface area contributed by atoms with Crippen LogP contribution in [-0.4, -0.2) is 45.1 Å². The third kappa shape index (κ3) is 4.29. The molecule has 1 heterocycles. The highest BCUT2D eigenvalue weighted by Gasteiger charge is 2.28. The van der Waals surface area contributed by atoms with Crippen molar-refractivity contribution in [3.05, 3.63) is 28.8 Å². The van der Waals surface area contributed by atoms with Crippen LogP contribution in [0, 0.1) is 26.7 Å². The number of aryl methyl sites for hydroxylation is 3. The van der Waals surface area contributed by atoms with Crippen LogP contribution in [-0.2, 0) is 14.8 Å². The predicted octanol–water partition coefficient (Wildman–Crippen LogP) is 2.64. The van der Waals surface area contributed by atoms with Crippen LogP contribution in [0.1, 0.15) is 36.5 Å². The second kappa shape index (κ2) is 7.13. The molecule has 24 heavy (non-hydrogen) atoms. The summed E-state index contributed by atoms with van der Waals surface area (Å²) in [6, 6.07) is 3.90. The topological polar surface area (TPSA) is 57.7 Å². The maximum absolute atomic E-state index is 12.6. The van der Waals surface area contributed by atoms with E-state index < -0.39 is 10.0 Å². The Morgan fingerprint density at radius 3 is 2.12 bits per heavy atom. The molecule has 1 saturated heterocycles. The number of sulfonamides is 1. The second-order valence-corrected chi connectivity index (χ2v) is 8.99. The van der Waals surface area contributed by atoms with Gasteiger partial charge in [-0.05, 0) is 50.7 Å². The molecule has 1 aromatic rings. The van der Waals surface area contributed by atoms with E-state index in [4.69, 9.17) is 0 Å². The highest BCUT2D eigenvalue weighted by Crippen LogP contribution is 2.28. The van der Waals surface area contributed by atoms with Crippen LogP contribution >= 0.6 is 0 Å². The summed E-state index contributed by atoms with van der Waals surface area (Å²) in [6.45, 7) is 9.24. The van der Waals surface area contributed by atoms with Crippen LogP contribution in [0.25, 0.3) is 0 Å². The molecule has 0 atom stereocenters. The van der Waals surface area contributed by atoms with Gasteiger partial charge in [0.15, 0.2) is 0 Å². The minimum absolute atomic E-state index is 0.119. The SMILES string of the molecule is Cc1cc(C)c(N(CC(=O)N2CCC(C)CC2)S(C)(=O)=O)c(C)c1. The molecule has 0 radical (unpaired) electrons. The average Bonchev–Trinajstić information content (AvgIpc) is 2.44. The third-order valence-corrected chi connectivity index (χ3v) is 5.81. The minimum Gasteiger partial charge on any atom is -0.341 e. The summed E-state index contributed by atoms with van der Waals surface area (Å²) >= 11 is 0. The molecule has 1 aromatic carbocycles. The molecule has 0 aromatic heterocycles. The summed E-state index contributed by atoms with van der Waals surface area (Å²) in [5.74, 6) is 0.508. The zero-order valence-corrected chi connectivity index (χ0v) is 16.1.